The maximum absolute atomic E-state index is 11.7. The third kappa shape index (κ3) is 2.09. The number of aliphatic carboxylic acids is 1. The SMILES string of the molecule is O=C(O)C1(C/C=C/Cl)CCCc2ccccc21. The third-order valence-corrected chi connectivity index (χ3v) is 3.73. The molecule has 1 aromatic rings. The molecular formula is C14H15ClO2. The zero-order valence-electron chi connectivity index (χ0n) is 9.53. The van der Waals surface area contributed by atoms with Crippen molar-refractivity contribution in [3.05, 3.63) is 47.0 Å². The van der Waals surface area contributed by atoms with Crippen LogP contribution in [0, 0.1) is 0 Å². The molecular weight excluding hydrogens is 236 g/mol. The highest BCUT2D eigenvalue weighted by Gasteiger charge is 2.42. The van der Waals surface area contributed by atoms with Gasteiger partial charge in [0.2, 0.25) is 0 Å². The average Bonchev–Trinajstić information content (AvgIpc) is 2.36. The van der Waals surface area contributed by atoms with Crippen LogP contribution < -0.4 is 0 Å². The second-order valence-corrected chi connectivity index (χ2v) is 4.72. The van der Waals surface area contributed by atoms with Crippen LogP contribution in [0.15, 0.2) is 35.9 Å². The van der Waals surface area contributed by atoms with Gasteiger partial charge < -0.3 is 5.11 Å². The molecule has 0 fully saturated rings. The Balaban J connectivity index is 2.51. The molecule has 17 heavy (non-hydrogen) atoms. The van der Waals surface area contributed by atoms with Gasteiger partial charge in [0.1, 0.15) is 0 Å². The van der Waals surface area contributed by atoms with Crippen molar-refractivity contribution in [3.8, 4) is 0 Å². The highest BCUT2D eigenvalue weighted by Crippen LogP contribution is 2.40. The summed E-state index contributed by atoms with van der Waals surface area (Å²) < 4.78 is 0. The van der Waals surface area contributed by atoms with Gasteiger partial charge in [-0.1, -0.05) is 41.9 Å². The van der Waals surface area contributed by atoms with Gasteiger partial charge in [0, 0.05) is 5.54 Å². The molecule has 0 aliphatic heterocycles. The van der Waals surface area contributed by atoms with Crippen LogP contribution in [0.25, 0.3) is 0 Å². The molecule has 0 saturated carbocycles. The molecule has 0 spiro atoms. The predicted molar refractivity (Wildman–Crippen MR) is 68.3 cm³/mol. The number of carboxylic acid groups (broad SMARTS) is 1. The lowest BCUT2D eigenvalue weighted by Crippen LogP contribution is -2.38. The fraction of sp³-hybridized carbons (Fsp3) is 0.357. The lowest BCUT2D eigenvalue weighted by molar-refractivity contribution is -0.144. The number of allylic oxidation sites excluding steroid dienone is 1. The van der Waals surface area contributed by atoms with Crippen molar-refractivity contribution in [2.24, 2.45) is 0 Å². The Kier molecular flexibility index (Phi) is 3.53. The van der Waals surface area contributed by atoms with Crippen molar-refractivity contribution < 1.29 is 9.90 Å². The number of benzene rings is 1. The Labute approximate surface area is 106 Å². The van der Waals surface area contributed by atoms with E-state index in [0.29, 0.717) is 12.8 Å². The Bertz CT molecular complexity index is 453. The van der Waals surface area contributed by atoms with Gasteiger partial charge in [0.25, 0.3) is 0 Å². The van der Waals surface area contributed by atoms with Gasteiger partial charge in [-0.25, -0.2) is 0 Å². The molecule has 2 rings (SSSR count). The summed E-state index contributed by atoms with van der Waals surface area (Å²) in [5.41, 5.74) is 2.72. The van der Waals surface area contributed by atoms with Crippen LogP contribution in [0.3, 0.4) is 0 Å². The van der Waals surface area contributed by atoms with E-state index in [-0.39, 0.29) is 0 Å². The summed E-state index contributed by atoms with van der Waals surface area (Å²) in [7, 11) is 0. The lowest BCUT2D eigenvalue weighted by atomic mass is 9.68. The van der Waals surface area contributed by atoms with E-state index >= 15 is 0 Å². The number of halogens is 1. The van der Waals surface area contributed by atoms with E-state index in [1.807, 2.05) is 24.3 Å². The first-order chi connectivity index (χ1) is 8.20. The maximum atomic E-state index is 11.7. The minimum absolute atomic E-state index is 0.461. The quantitative estimate of drug-likeness (QED) is 0.892. The van der Waals surface area contributed by atoms with Gasteiger partial charge in [0.15, 0.2) is 0 Å². The zero-order valence-corrected chi connectivity index (χ0v) is 10.3. The normalized spacial score (nSPS) is 23.6. The molecule has 0 bridgehead atoms. The predicted octanol–water partition coefficient (Wildman–Crippen LogP) is 3.49. The van der Waals surface area contributed by atoms with Gasteiger partial charge in [-0.05, 0) is 36.8 Å². The van der Waals surface area contributed by atoms with Crippen molar-refractivity contribution in [1.29, 1.82) is 0 Å². The van der Waals surface area contributed by atoms with E-state index in [2.05, 4.69) is 0 Å². The van der Waals surface area contributed by atoms with E-state index in [9.17, 15) is 9.90 Å². The summed E-state index contributed by atoms with van der Waals surface area (Å²) in [6.07, 6.45) is 4.76. The summed E-state index contributed by atoms with van der Waals surface area (Å²) in [6, 6.07) is 7.84. The highest BCUT2D eigenvalue weighted by molar-refractivity contribution is 6.25. The molecule has 0 amide bonds. The van der Waals surface area contributed by atoms with Gasteiger partial charge in [0.05, 0.1) is 5.41 Å². The largest absolute Gasteiger partial charge is 0.481 e. The maximum Gasteiger partial charge on any atom is 0.314 e. The molecule has 1 aliphatic carbocycles. The van der Waals surface area contributed by atoms with Gasteiger partial charge in [-0.15, -0.1) is 0 Å². The monoisotopic (exact) mass is 250 g/mol. The third-order valence-electron chi connectivity index (χ3n) is 3.55. The molecule has 2 nitrogen and oxygen atoms in total. The molecule has 1 aromatic carbocycles. The number of hydrogen-bond donors (Lipinski definition) is 1. The second-order valence-electron chi connectivity index (χ2n) is 4.46. The summed E-state index contributed by atoms with van der Waals surface area (Å²) in [4.78, 5) is 11.7. The van der Waals surface area contributed by atoms with Crippen LogP contribution in [0.5, 0.6) is 0 Å². The summed E-state index contributed by atoms with van der Waals surface area (Å²) in [6.45, 7) is 0. The van der Waals surface area contributed by atoms with Crippen LogP contribution >= 0.6 is 11.6 Å². The Morgan fingerprint density at radius 1 is 1.47 bits per heavy atom. The van der Waals surface area contributed by atoms with Gasteiger partial charge in [-0.2, -0.15) is 0 Å². The van der Waals surface area contributed by atoms with Crippen molar-refractivity contribution in [2.75, 3.05) is 0 Å². The smallest absolute Gasteiger partial charge is 0.314 e. The number of hydrogen-bond acceptors (Lipinski definition) is 1. The van der Waals surface area contributed by atoms with E-state index in [1.165, 1.54) is 5.54 Å². The fourth-order valence-electron chi connectivity index (χ4n) is 2.69. The van der Waals surface area contributed by atoms with E-state index in [4.69, 9.17) is 11.6 Å². The first-order valence-corrected chi connectivity index (χ1v) is 6.21. The molecule has 1 aliphatic rings. The molecule has 0 aromatic heterocycles. The van der Waals surface area contributed by atoms with Gasteiger partial charge in [-0.3, -0.25) is 4.79 Å². The molecule has 0 radical (unpaired) electrons. The molecule has 3 heteroatoms. The van der Waals surface area contributed by atoms with Crippen LogP contribution in [0.1, 0.15) is 30.4 Å². The number of carbonyl (C=O) groups is 1. The highest BCUT2D eigenvalue weighted by atomic mass is 35.5. The topological polar surface area (TPSA) is 37.3 Å². The van der Waals surface area contributed by atoms with Crippen LogP contribution in [0.4, 0.5) is 0 Å². The number of aryl methyl sites for hydroxylation is 1. The fourth-order valence-corrected chi connectivity index (χ4v) is 2.78. The molecule has 0 heterocycles. The Morgan fingerprint density at radius 3 is 2.94 bits per heavy atom. The molecule has 90 valence electrons. The summed E-state index contributed by atoms with van der Waals surface area (Å²) >= 11 is 5.54. The number of carboxylic acids is 1. The van der Waals surface area contributed by atoms with Crippen LogP contribution in [0.2, 0.25) is 0 Å². The van der Waals surface area contributed by atoms with Gasteiger partial charge >= 0.3 is 5.97 Å². The molecule has 0 saturated heterocycles. The van der Waals surface area contributed by atoms with E-state index < -0.39 is 11.4 Å². The summed E-state index contributed by atoms with van der Waals surface area (Å²) in [5, 5.41) is 9.59. The van der Waals surface area contributed by atoms with Crippen molar-refractivity contribution in [1.82, 2.24) is 0 Å². The van der Waals surface area contributed by atoms with Crippen LogP contribution in [-0.2, 0) is 16.6 Å². The van der Waals surface area contributed by atoms with Crippen molar-refractivity contribution >= 4 is 17.6 Å². The first kappa shape index (κ1) is 12.2. The summed E-state index contributed by atoms with van der Waals surface area (Å²) in [5.74, 6) is -0.751. The second kappa shape index (κ2) is 4.92. The number of rotatable bonds is 3. The van der Waals surface area contributed by atoms with E-state index in [0.717, 1.165) is 24.0 Å². The Morgan fingerprint density at radius 2 is 2.24 bits per heavy atom. The zero-order chi connectivity index (χ0) is 12.3. The molecule has 1 unspecified atom stereocenters. The minimum Gasteiger partial charge on any atom is -0.481 e. The molecule has 1 N–H and O–H groups in total. The molecule has 1 atom stereocenters. The lowest BCUT2D eigenvalue weighted by Gasteiger charge is -2.34. The van der Waals surface area contributed by atoms with Crippen LogP contribution in [-0.4, -0.2) is 11.1 Å². The van der Waals surface area contributed by atoms with Crippen molar-refractivity contribution in [2.45, 2.75) is 31.1 Å². The minimum atomic E-state index is -0.791. The first-order valence-electron chi connectivity index (χ1n) is 5.78. The Hall–Kier alpha value is -1.28. The standard InChI is InChI=1S/C14H15ClO2/c15-10-4-9-14(13(16)17)8-3-6-11-5-1-2-7-12(11)14/h1-2,4-5,7,10H,3,6,8-9H2,(H,16,17)/b10-4+. The van der Waals surface area contributed by atoms with Crippen molar-refractivity contribution in [3.63, 3.8) is 0 Å². The number of fused-ring (bicyclic) bond motifs is 1. The average molecular weight is 251 g/mol. The van der Waals surface area contributed by atoms with E-state index in [1.54, 1.807) is 6.08 Å².